The molecule has 2 aromatic carbocycles. The van der Waals surface area contributed by atoms with Crippen molar-refractivity contribution >= 4 is 23.1 Å². The normalized spacial score (nSPS) is 28.2. The number of aromatic hydroxyl groups is 1. The summed E-state index contributed by atoms with van der Waals surface area (Å²) in [6.45, 7) is 6.51. The number of aliphatic hydroxyl groups excluding tert-OH is 2. The maximum atomic E-state index is 14.0. The van der Waals surface area contributed by atoms with Crippen molar-refractivity contribution in [2.45, 2.75) is 71.8 Å². The van der Waals surface area contributed by atoms with Gasteiger partial charge in [0, 0.05) is 22.8 Å². The van der Waals surface area contributed by atoms with Crippen molar-refractivity contribution in [3.8, 4) is 5.75 Å². The second-order valence-electron chi connectivity index (χ2n) is 12.1. The van der Waals surface area contributed by atoms with Crippen LogP contribution >= 0.6 is 0 Å². The first-order valence-corrected chi connectivity index (χ1v) is 13.3. The van der Waals surface area contributed by atoms with Gasteiger partial charge in [-0.15, -0.1) is 0 Å². The molecule has 3 aliphatic carbocycles. The number of phenolic OH excluding ortho intramolecular Hbond substituents is 1. The number of carbonyl (C=O) groups excluding carboxylic acids is 3. The molecule has 7 heteroatoms. The topological polar surface area (TPSA) is 132 Å². The molecule has 1 saturated carbocycles. The maximum absolute atomic E-state index is 14.0. The first kappa shape index (κ1) is 26.9. The highest BCUT2D eigenvalue weighted by atomic mass is 16.3. The zero-order valence-electron chi connectivity index (χ0n) is 22.7. The van der Waals surface area contributed by atoms with Crippen molar-refractivity contribution in [2.75, 3.05) is 0 Å². The van der Waals surface area contributed by atoms with Gasteiger partial charge in [0.25, 0.3) is 0 Å². The summed E-state index contributed by atoms with van der Waals surface area (Å²) < 4.78 is 0. The fourth-order valence-corrected chi connectivity index (χ4v) is 7.19. The number of phenols is 1. The van der Waals surface area contributed by atoms with E-state index in [1.54, 1.807) is 13.8 Å². The van der Waals surface area contributed by atoms with Crippen LogP contribution in [0.2, 0.25) is 0 Å². The Morgan fingerprint density at radius 3 is 2.26 bits per heavy atom. The molecular weight excluding hydrogens is 496 g/mol. The van der Waals surface area contributed by atoms with Gasteiger partial charge in [0.15, 0.2) is 17.2 Å². The number of Topliss-reactive ketones (excluding diaryl/α,β-unsaturated/α-hetero) is 3. The zero-order chi connectivity index (χ0) is 28.5. The summed E-state index contributed by atoms with van der Waals surface area (Å²) in [5.74, 6) is -3.89. The van der Waals surface area contributed by atoms with Crippen LogP contribution in [0.1, 0.15) is 67.9 Å². The predicted molar refractivity (Wildman–Crippen MR) is 145 cm³/mol. The highest BCUT2D eigenvalue weighted by molar-refractivity contribution is 6.23. The summed E-state index contributed by atoms with van der Waals surface area (Å²) in [6.07, 6.45) is 2.48. The second-order valence-corrected chi connectivity index (χ2v) is 12.1. The van der Waals surface area contributed by atoms with Crippen LogP contribution < -0.4 is 0 Å². The molecule has 3 atom stereocenters. The Morgan fingerprint density at radius 1 is 0.949 bits per heavy atom. The van der Waals surface area contributed by atoms with E-state index in [4.69, 9.17) is 0 Å². The third-order valence-corrected chi connectivity index (χ3v) is 9.03. The van der Waals surface area contributed by atoms with E-state index in [-0.39, 0.29) is 29.7 Å². The minimum atomic E-state index is -2.55. The van der Waals surface area contributed by atoms with Crippen molar-refractivity contribution in [1.82, 2.24) is 0 Å². The number of carbonyl (C=O) groups is 3. The summed E-state index contributed by atoms with van der Waals surface area (Å²) >= 11 is 0. The van der Waals surface area contributed by atoms with Crippen LogP contribution in [0, 0.1) is 17.8 Å². The van der Waals surface area contributed by atoms with Gasteiger partial charge in [-0.2, -0.15) is 0 Å². The molecule has 0 aliphatic heterocycles. The van der Waals surface area contributed by atoms with Gasteiger partial charge in [-0.25, -0.2) is 0 Å². The molecule has 0 heterocycles. The zero-order valence-corrected chi connectivity index (χ0v) is 22.7. The quantitative estimate of drug-likeness (QED) is 0.409. The van der Waals surface area contributed by atoms with E-state index in [0.29, 0.717) is 12.8 Å². The molecule has 3 aliphatic rings. The number of hydrogen-bond donors (Lipinski definition) is 4. The standard InChI is InChI=1S/C32H34O7/c1-17-8-10-19(11-9-17)6-5-7-20-12-13-22(34)25-21(20)14-30(3)16-31(4)15-23(35)24(18(2)33)28(37)32(31,39)29(38)26(30)27(25)36/h8-13,34,36-37,39H,5-7,14-16H2,1-4H3/t30-,31+,32+/m0/s1. The summed E-state index contributed by atoms with van der Waals surface area (Å²) in [6, 6.07) is 11.7. The molecule has 1 fully saturated rings. The van der Waals surface area contributed by atoms with Crippen molar-refractivity contribution in [3.05, 3.63) is 81.1 Å². The van der Waals surface area contributed by atoms with Gasteiger partial charge in [0.1, 0.15) is 22.8 Å². The second kappa shape index (κ2) is 8.91. The molecule has 39 heavy (non-hydrogen) atoms. The van der Waals surface area contributed by atoms with Crippen LogP contribution in [-0.4, -0.2) is 43.4 Å². The lowest BCUT2D eigenvalue weighted by Gasteiger charge is -2.56. The fraction of sp³-hybridized carbons (Fsp3) is 0.406. The molecule has 2 aromatic rings. The summed E-state index contributed by atoms with van der Waals surface area (Å²) in [7, 11) is 0. The highest BCUT2D eigenvalue weighted by Crippen LogP contribution is 2.62. The minimum absolute atomic E-state index is 0.0977. The molecule has 204 valence electrons. The van der Waals surface area contributed by atoms with E-state index >= 15 is 0 Å². The average molecular weight is 531 g/mol. The van der Waals surface area contributed by atoms with E-state index in [1.165, 1.54) is 17.2 Å². The molecule has 0 aromatic heterocycles. The SMILES string of the molecule is CC(=O)C1=C(O)[C@@]2(O)C(=O)C3=C(O)c4c(O)ccc(CCCc5ccc(C)cc5)c4C[C@@]3(C)C[C@@]2(C)CC1=O. The van der Waals surface area contributed by atoms with Gasteiger partial charge in [0.05, 0.1) is 5.56 Å². The fourth-order valence-electron chi connectivity index (χ4n) is 7.19. The van der Waals surface area contributed by atoms with E-state index < -0.39 is 50.9 Å². The number of aryl methyl sites for hydroxylation is 3. The van der Waals surface area contributed by atoms with E-state index in [9.17, 15) is 34.8 Å². The lowest BCUT2D eigenvalue weighted by molar-refractivity contribution is -0.164. The summed E-state index contributed by atoms with van der Waals surface area (Å²) in [5.41, 5.74) is -1.38. The van der Waals surface area contributed by atoms with Crippen molar-refractivity contribution in [1.29, 1.82) is 0 Å². The van der Waals surface area contributed by atoms with Crippen LogP contribution in [-0.2, 0) is 33.6 Å². The molecule has 0 radical (unpaired) electrons. The number of hydrogen-bond acceptors (Lipinski definition) is 7. The van der Waals surface area contributed by atoms with Crippen LogP contribution in [0.3, 0.4) is 0 Å². The van der Waals surface area contributed by atoms with Crippen molar-refractivity contribution < 1.29 is 34.8 Å². The van der Waals surface area contributed by atoms with Crippen molar-refractivity contribution in [3.63, 3.8) is 0 Å². The van der Waals surface area contributed by atoms with Gasteiger partial charge in [0.2, 0.25) is 5.78 Å². The Morgan fingerprint density at radius 2 is 1.62 bits per heavy atom. The van der Waals surface area contributed by atoms with Gasteiger partial charge >= 0.3 is 0 Å². The van der Waals surface area contributed by atoms with Gasteiger partial charge in [-0.05, 0) is 68.7 Å². The predicted octanol–water partition coefficient (Wildman–Crippen LogP) is 4.79. The summed E-state index contributed by atoms with van der Waals surface area (Å²) in [5, 5.41) is 45.0. The Bertz CT molecular complexity index is 1500. The molecule has 0 spiro atoms. The Balaban J connectivity index is 1.58. The lowest BCUT2D eigenvalue weighted by Crippen LogP contribution is -2.65. The molecular formula is C32H34O7. The largest absolute Gasteiger partial charge is 0.508 e. The van der Waals surface area contributed by atoms with E-state index in [0.717, 1.165) is 30.9 Å². The van der Waals surface area contributed by atoms with Gasteiger partial charge in [-0.3, -0.25) is 14.4 Å². The minimum Gasteiger partial charge on any atom is -0.508 e. The van der Waals surface area contributed by atoms with Crippen molar-refractivity contribution in [2.24, 2.45) is 10.8 Å². The first-order chi connectivity index (χ1) is 18.2. The van der Waals surface area contributed by atoms with E-state index in [2.05, 4.69) is 24.3 Å². The maximum Gasteiger partial charge on any atom is 0.203 e. The smallest absolute Gasteiger partial charge is 0.203 e. The number of fused-ring (bicyclic) bond motifs is 3. The van der Waals surface area contributed by atoms with Gasteiger partial charge < -0.3 is 20.4 Å². The number of ketones is 3. The first-order valence-electron chi connectivity index (χ1n) is 13.3. The number of allylic oxidation sites excluding steroid dienone is 1. The van der Waals surface area contributed by atoms with Crippen LogP contribution in [0.15, 0.2) is 53.3 Å². The molecule has 0 unspecified atom stereocenters. The van der Waals surface area contributed by atoms with Gasteiger partial charge in [-0.1, -0.05) is 49.7 Å². The van der Waals surface area contributed by atoms with Crippen LogP contribution in [0.4, 0.5) is 0 Å². The average Bonchev–Trinajstić information content (AvgIpc) is 2.83. The molecule has 4 N–H and O–H groups in total. The molecule has 0 bridgehead atoms. The van der Waals surface area contributed by atoms with E-state index in [1.807, 2.05) is 13.0 Å². The number of benzene rings is 2. The molecule has 5 rings (SSSR count). The Labute approximate surface area is 227 Å². The monoisotopic (exact) mass is 530 g/mol. The lowest BCUT2D eigenvalue weighted by atomic mass is 9.47. The molecule has 0 amide bonds. The Hall–Kier alpha value is -3.71. The number of aliphatic hydroxyl groups is 3. The summed E-state index contributed by atoms with van der Waals surface area (Å²) in [4.78, 5) is 39.0. The van der Waals surface area contributed by atoms with Crippen LogP contribution in [0.5, 0.6) is 5.75 Å². The number of rotatable bonds is 5. The molecule has 0 saturated heterocycles. The third kappa shape index (κ3) is 3.86. The molecule has 7 nitrogen and oxygen atoms in total. The van der Waals surface area contributed by atoms with Crippen LogP contribution in [0.25, 0.3) is 5.76 Å². The Kier molecular flexibility index (Phi) is 6.14. The third-order valence-electron chi connectivity index (χ3n) is 9.03. The highest BCUT2D eigenvalue weighted by Gasteiger charge is 2.68.